The predicted molar refractivity (Wildman–Crippen MR) is 108 cm³/mol. The van der Waals surface area contributed by atoms with Crippen LogP contribution in [0.4, 0.5) is 20.6 Å². The zero-order valence-electron chi connectivity index (χ0n) is 16.2. The fraction of sp³-hybridized carbons (Fsp3) is 0.444. The molecule has 0 aliphatic carbocycles. The van der Waals surface area contributed by atoms with E-state index < -0.39 is 28.0 Å². The van der Waals surface area contributed by atoms with E-state index in [1.165, 1.54) is 6.07 Å². The Hall–Kier alpha value is -2.49. The lowest BCUT2D eigenvalue weighted by Crippen LogP contribution is -2.45. The molecule has 1 amide bonds. The van der Waals surface area contributed by atoms with Crippen LogP contribution in [0.15, 0.2) is 22.8 Å². The van der Waals surface area contributed by atoms with E-state index in [0.717, 1.165) is 6.20 Å². The van der Waals surface area contributed by atoms with Crippen LogP contribution in [0.2, 0.25) is 0 Å². The van der Waals surface area contributed by atoms with Crippen LogP contribution in [0, 0.1) is 15.9 Å². The summed E-state index contributed by atoms with van der Waals surface area (Å²) in [4.78, 5) is 26.7. The first-order valence-corrected chi connectivity index (χ1v) is 9.26. The molecule has 152 valence electrons. The van der Waals surface area contributed by atoms with Gasteiger partial charge in [0.05, 0.1) is 20.3 Å². The van der Waals surface area contributed by atoms with E-state index >= 15 is 0 Å². The zero-order chi connectivity index (χ0) is 21.3. The second-order valence-electron chi connectivity index (χ2n) is 7.90. The molecule has 0 unspecified atom stereocenters. The van der Waals surface area contributed by atoms with Crippen molar-refractivity contribution in [3.05, 3.63) is 38.7 Å². The highest BCUT2D eigenvalue weighted by atomic mass is 79.9. The number of fused-ring (bicyclic) bond motifs is 1. The first-order valence-electron chi connectivity index (χ1n) is 8.47. The molecule has 0 aliphatic rings. The highest BCUT2D eigenvalue weighted by Gasteiger charge is 2.28. The minimum atomic E-state index is -0.856. The first-order chi connectivity index (χ1) is 12.8. The highest BCUT2D eigenvalue weighted by molar-refractivity contribution is 9.10. The van der Waals surface area contributed by atoms with Crippen molar-refractivity contribution in [2.45, 2.75) is 45.8 Å². The molecule has 2 aromatic rings. The van der Waals surface area contributed by atoms with E-state index in [1.54, 1.807) is 40.7 Å². The Labute approximate surface area is 170 Å². The molecule has 0 aliphatic heterocycles. The van der Waals surface area contributed by atoms with Crippen LogP contribution in [0.25, 0.3) is 10.9 Å². The maximum atomic E-state index is 14.7. The molecule has 8 nitrogen and oxygen atoms in total. The van der Waals surface area contributed by atoms with Crippen LogP contribution in [0.3, 0.4) is 0 Å². The van der Waals surface area contributed by atoms with Crippen LogP contribution in [0.5, 0.6) is 0 Å². The van der Waals surface area contributed by atoms with Crippen LogP contribution < -0.4 is 10.6 Å². The summed E-state index contributed by atoms with van der Waals surface area (Å²) in [6.45, 7) is 8.74. The number of amides is 1. The Morgan fingerprint density at radius 1 is 1.32 bits per heavy atom. The van der Waals surface area contributed by atoms with Gasteiger partial charge in [-0.2, -0.15) is 0 Å². The van der Waals surface area contributed by atoms with E-state index in [4.69, 9.17) is 4.74 Å². The molecule has 10 heteroatoms. The number of ether oxygens (including phenoxy) is 1. The maximum absolute atomic E-state index is 14.7. The molecule has 0 radical (unpaired) electrons. The summed E-state index contributed by atoms with van der Waals surface area (Å²) in [7, 11) is 0. The second-order valence-corrected chi connectivity index (χ2v) is 8.75. The quantitative estimate of drug-likeness (QED) is 0.496. The van der Waals surface area contributed by atoms with Crippen molar-refractivity contribution in [3.63, 3.8) is 0 Å². The number of nitrogens with zero attached hydrogens (tertiary/aromatic N) is 2. The van der Waals surface area contributed by atoms with Gasteiger partial charge in [-0.15, -0.1) is 0 Å². The van der Waals surface area contributed by atoms with E-state index in [2.05, 4.69) is 31.5 Å². The Morgan fingerprint density at radius 2 is 1.96 bits per heavy atom. The Balaban J connectivity index is 2.38. The molecule has 2 rings (SSSR count). The molecule has 0 spiro atoms. The molecular formula is C18H22BrFN4O4. The molecule has 0 atom stereocenters. The summed E-state index contributed by atoms with van der Waals surface area (Å²) in [5, 5.41) is 17.1. The third-order valence-electron chi connectivity index (χ3n) is 3.64. The fourth-order valence-electron chi connectivity index (χ4n) is 2.46. The number of rotatable bonds is 5. The zero-order valence-corrected chi connectivity index (χ0v) is 17.8. The molecule has 0 saturated heterocycles. The topological polar surface area (TPSA) is 106 Å². The standard InChI is InChI=1S/C18H22BrFN4O4/c1-17(2,3)28-16(25)22-9-18(4,5)23-15-12(24(26)27)8-21-11-7-6-10(19)14(20)13(11)15/h6-8H,9H2,1-5H3,(H,21,23)(H,22,25). The molecule has 2 N–H and O–H groups in total. The van der Waals surface area contributed by atoms with Gasteiger partial charge in [0.25, 0.3) is 0 Å². The van der Waals surface area contributed by atoms with Gasteiger partial charge in [-0.25, -0.2) is 14.2 Å². The number of anilines is 1. The van der Waals surface area contributed by atoms with Crippen molar-refractivity contribution < 1.29 is 18.8 Å². The molecule has 1 aromatic heterocycles. The highest BCUT2D eigenvalue weighted by Crippen LogP contribution is 2.37. The summed E-state index contributed by atoms with van der Waals surface area (Å²) >= 11 is 3.10. The van der Waals surface area contributed by atoms with Gasteiger partial charge in [-0.1, -0.05) is 0 Å². The van der Waals surface area contributed by atoms with Crippen molar-refractivity contribution in [2.24, 2.45) is 0 Å². The average molecular weight is 457 g/mol. The number of carbonyl (C=O) groups excluding carboxylic acids is 1. The number of carbonyl (C=O) groups is 1. The number of benzene rings is 1. The van der Waals surface area contributed by atoms with E-state index in [0.29, 0.717) is 0 Å². The van der Waals surface area contributed by atoms with Crippen LogP contribution in [-0.4, -0.2) is 33.7 Å². The van der Waals surface area contributed by atoms with Gasteiger partial charge in [0, 0.05) is 12.1 Å². The molecule has 1 aromatic carbocycles. The lowest BCUT2D eigenvalue weighted by Gasteiger charge is -2.29. The van der Waals surface area contributed by atoms with E-state index in [1.807, 2.05) is 0 Å². The monoisotopic (exact) mass is 456 g/mol. The maximum Gasteiger partial charge on any atom is 0.407 e. The third kappa shape index (κ3) is 5.28. The second kappa shape index (κ2) is 7.86. The number of pyridine rings is 1. The molecule has 28 heavy (non-hydrogen) atoms. The van der Waals surface area contributed by atoms with Crippen molar-refractivity contribution >= 4 is 44.3 Å². The SMILES string of the molecule is CC(C)(CNC(=O)OC(C)(C)C)Nc1c([N+](=O)[O-])cnc2ccc(Br)c(F)c12. The lowest BCUT2D eigenvalue weighted by atomic mass is 10.0. The number of hydrogen-bond acceptors (Lipinski definition) is 6. The van der Waals surface area contributed by atoms with Crippen LogP contribution in [-0.2, 0) is 4.74 Å². The fourth-order valence-corrected chi connectivity index (χ4v) is 2.79. The summed E-state index contributed by atoms with van der Waals surface area (Å²) in [6.07, 6.45) is 0.459. The smallest absolute Gasteiger partial charge is 0.407 e. The number of aromatic nitrogens is 1. The van der Waals surface area contributed by atoms with Gasteiger partial charge < -0.3 is 15.4 Å². The normalized spacial score (nSPS) is 12.0. The van der Waals surface area contributed by atoms with Crippen molar-refractivity contribution in [1.82, 2.24) is 10.3 Å². The molecular weight excluding hydrogens is 435 g/mol. The van der Waals surface area contributed by atoms with Crippen molar-refractivity contribution in [3.8, 4) is 0 Å². The molecule has 0 saturated carbocycles. The number of hydrogen-bond donors (Lipinski definition) is 2. The minimum Gasteiger partial charge on any atom is -0.444 e. The Bertz CT molecular complexity index is 928. The van der Waals surface area contributed by atoms with Crippen molar-refractivity contribution in [2.75, 3.05) is 11.9 Å². The minimum absolute atomic E-state index is 0.00563. The van der Waals surface area contributed by atoms with Crippen LogP contribution >= 0.6 is 15.9 Å². The van der Waals surface area contributed by atoms with Gasteiger partial charge in [-0.3, -0.25) is 10.1 Å². The van der Waals surface area contributed by atoms with Gasteiger partial charge >= 0.3 is 11.8 Å². The number of alkyl carbamates (subject to hydrolysis) is 1. The number of halogens is 2. The average Bonchev–Trinajstić information content (AvgIpc) is 2.54. The van der Waals surface area contributed by atoms with Gasteiger partial charge in [0.2, 0.25) is 0 Å². The van der Waals surface area contributed by atoms with E-state index in [9.17, 15) is 19.3 Å². The summed E-state index contributed by atoms with van der Waals surface area (Å²) in [6, 6.07) is 3.04. The largest absolute Gasteiger partial charge is 0.444 e. The summed E-state index contributed by atoms with van der Waals surface area (Å²) < 4.78 is 20.1. The third-order valence-corrected chi connectivity index (χ3v) is 4.25. The number of nitro groups is 1. The Kier molecular flexibility index (Phi) is 6.12. The lowest BCUT2D eigenvalue weighted by molar-refractivity contribution is -0.384. The first kappa shape index (κ1) is 21.8. The van der Waals surface area contributed by atoms with Gasteiger partial charge in [-0.05, 0) is 62.7 Å². The predicted octanol–water partition coefficient (Wildman–Crippen LogP) is 4.76. The van der Waals surface area contributed by atoms with Crippen molar-refractivity contribution in [1.29, 1.82) is 0 Å². The molecule has 1 heterocycles. The van der Waals surface area contributed by atoms with Gasteiger partial charge in [0.15, 0.2) is 0 Å². The van der Waals surface area contributed by atoms with Crippen LogP contribution in [0.1, 0.15) is 34.6 Å². The summed E-state index contributed by atoms with van der Waals surface area (Å²) in [5.41, 5.74) is -1.62. The van der Waals surface area contributed by atoms with Gasteiger partial charge in [0.1, 0.15) is 23.3 Å². The Morgan fingerprint density at radius 3 is 2.54 bits per heavy atom. The molecule has 0 fully saturated rings. The number of nitrogens with one attached hydrogen (secondary N) is 2. The summed E-state index contributed by atoms with van der Waals surface area (Å²) in [5.74, 6) is -0.660. The molecule has 0 bridgehead atoms. The van der Waals surface area contributed by atoms with E-state index in [-0.39, 0.29) is 33.3 Å².